The van der Waals surface area contributed by atoms with Gasteiger partial charge in [0.15, 0.2) is 0 Å². The van der Waals surface area contributed by atoms with Gasteiger partial charge in [0.05, 0.1) is 0 Å². The van der Waals surface area contributed by atoms with Crippen LogP contribution in [0.5, 0.6) is 0 Å². The number of carboxylic acid groups (broad SMARTS) is 1. The molecule has 4 heteroatoms. The van der Waals surface area contributed by atoms with E-state index in [0.717, 1.165) is 19.5 Å². The fourth-order valence-corrected chi connectivity index (χ4v) is 1.65. The number of carboxylic acids is 1. The number of hydrogen-bond donors (Lipinski definition) is 2. The Balaban J connectivity index is 2.30. The molecule has 1 heterocycles. The molecule has 2 N–H and O–H groups in total. The number of nitrogens with one attached hydrogen (secondary N) is 1. The van der Waals surface area contributed by atoms with Crippen molar-refractivity contribution in [3.8, 4) is 0 Å². The maximum atomic E-state index is 10.6. The quantitative estimate of drug-likeness (QED) is 0.609. The smallest absolute Gasteiger partial charge is 0.320 e. The molecule has 0 amide bonds. The van der Waals surface area contributed by atoms with Crippen LogP contribution < -0.4 is 5.32 Å². The van der Waals surface area contributed by atoms with Gasteiger partial charge in [-0.3, -0.25) is 4.79 Å². The Morgan fingerprint density at radius 3 is 2.75 bits per heavy atom. The second-order valence-electron chi connectivity index (χ2n) is 3.66. The summed E-state index contributed by atoms with van der Waals surface area (Å²) in [4.78, 5) is 12.7. The van der Waals surface area contributed by atoms with E-state index in [-0.39, 0.29) is 6.04 Å². The molecule has 2 atom stereocenters. The molecule has 0 aliphatic carbocycles. The van der Waals surface area contributed by atoms with Crippen molar-refractivity contribution >= 4 is 5.97 Å². The molecular weight excluding hydrogens is 156 g/mol. The molecule has 0 bridgehead atoms. The topological polar surface area (TPSA) is 52.6 Å². The molecule has 0 aromatic carbocycles. The number of hydrogen-bond acceptors (Lipinski definition) is 3. The van der Waals surface area contributed by atoms with Crippen LogP contribution in [0.15, 0.2) is 0 Å². The highest BCUT2D eigenvalue weighted by molar-refractivity contribution is 5.73. The molecule has 1 rings (SSSR count). The van der Waals surface area contributed by atoms with E-state index < -0.39 is 5.97 Å². The zero-order valence-corrected chi connectivity index (χ0v) is 7.58. The zero-order chi connectivity index (χ0) is 9.14. The summed E-state index contributed by atoms with van der Waals surface area (Å²) in [5.74, 6) is -0.239. The highest BCUT2D eigenvalue weighted by Crippen LogP contribution is 2.14. The third-order valence-corrected chi connectivity index (χ3v) is 2.14. The number of aliphatic carboxylic acids is 1. The van der Waals surface area contributed by atoms with E-state index in [0.29, 0.717) is 5.92 Å². The summed E-state index contributed by atoms with van der Waals surface area (Å²) in [7, 11) is 4.02. The highest BCUT2D eigenvalue weighted by atomic mass is 16.4. The van der Waals surface area contributed by atoms with Gasteiger partial charge in [-0.1, -0.05) is 0 Å². The Labute approximate surface area is 72.6 Å². The Kier molecular flexibility index (Phi) is 3.05. The predicted molar refractivity (Wildman–Crippen MR) is 46.1 cm³/mol. The Morgan fingerprint density at radius 2 is 2.33 bits per heavy atom. The predicted octanol–water partition coefficient (Wildman–Crippen LogP) is -0.389. The lowest BCUT2D eigenvalue weighted by Gasteiger charge is -2.14. The van der Waals surface area contributed by atoms with Gasteiger partial charge < -0.3 is 15.3 Å². The van der Waals surface area contributed by atoms with Crippen molar-refractivity contribution in [2.24, 2.45) is 5.92 Å². The van der Waals surface area contributed by atoms with Gasteiger partial charge in [0, 0.05) is 13.1 Å². The van der Waals surface area contributed by atoms with Crippen LogP contribution in [0.1, 0.15) is 6.42 Å². The minimum atomic E-state index is -0.726. The van der Waals surface area contributed by atoms with Crippen molar-refractivity contribution in [2.45, 2.75) is 12.5 Å². The van der Waals surface area contributed by atoms with E-state index in [2.05, 4.69) is 10.2 Å². The fraction of sp³-hybridized carbons (Fsp3) is 0.875. The molecule has 12 heavy (non-hydrogen) atoms. The molecule has 0 saturated carbocycles. The molecule has 0 aromatic rings. The molecule has 0 aromatic heterocycles. The molecule has 1 aliphatic rings. The molecular formula is C8H16N2O2. The molecule has 1 fully saturated rings. The summed E-state index contributed by atoms with van der Waals surface area (Å²) >= 11 is 0. The third-order valence-electron chi connectivity index (χ3n) is 2.14. The molecule has 0 radical (unpaired) electrons. The molecule has 1 aliphatic heterocycles. The Bertz CT molecular complexity index is 170. The van der Waals surface area contributed by atoms with Crippen molar-refractivity contribution in [3.05, 3.63) is 0 Å². The lowest BCUT2D eigenvalue weighted by molar-refractivity contribution is -0.139. The van der Waals surface area contributed by atoms with Crippen LogP contribution in [-0.2, 0) is 4.79 Å². The van der Waals surface area contributed by atoms with Crippen molar-refractivity contribution in [2.75, 3.05) is 27.2 Å². The lowest BCUT2D eigenvalue weighted by atomic mass is 10.1. The lowest BCUT2D eigenvalue weighted by Crippen LogP contribution is -2.30. The number of carbonyl (C=O) groups is 1. The minimum Gasteiger partial charge on any atom is -0.480 e. The summed E-state index contributed by atoms with van der Waals surface area (Å²) in [6, 6.07) is -0.324. The van der Waals surface area contributed by atoms with E-state index in [1.54, 1.807) is 0 Å². The Hall–Kier alpha value is -0.610. The van der Waals surface area contributed by atoms with Crippen LogP contribution in [0.4, 0.5) is 0 Å². The number of rotatable bonds is 3. The second-order valence-corrected chi connectivity index (χ2v) is 3.66. The standard InChI is InChI=1S/C8H16N2O2/c1-10(2)5-6-3-7(8(11)12)9-4-6/h6-7,9H,3-5H2,1-2H3,(H,11,12). The first-order valence-electron chi connectivity index (χ1n) is 4.20. The van der Waals surface area contributed by atoms with Crippen molar-refractivity contribution in [3.63, 3.8) is 0 Å². The molecule has 0 spiro atoms. The minimum absolute atomic E-state index is 0.324. The van der Waals surface area contributed by atoms with Crippen molar-refractivity contribution < 1.29 is 9.90 Å². The molecule has 1 saturated heterocycles. The van der Waals surface area contributed by atoms with Crippen LogP contribution in [0.2, 0.25) is 0 Å². The maximum Gasteiger partial charge on any atom is 0.320 e. The average Bonchev–Trinajstić information content (AvgIpc) is 2.34. The molecule has 70 valence electrons. The summed E-state index contributed by atoms with van der Waals surface area (Å²) in [6.45, 7) is 1.80. The first-order chi connectivity index (χ1) is 5.59. The highest BCUT2D eigenvalue weighted by Gasteiger charge is 2.28. The summed E-state index contributed by atoms with van der Waals surface area (Å²) < 4.78 is 0. The largest absolute Gasteiger partial charge is 0.480 e. The van der Waals surface area contributed by atoms with Gasteiger partial charge in [-0.15, -0.1) is 0 Å². The van der Waals surface area contributed by atoms with Crippen LogP contribution in [0.3, 0.4) is 0 Å². The summed E-state index contributed by atoms with van der Waals surface area (Å²) in [5.41, 5.74) is 0. The normalized spacial score (nSPS) is 29.6. The van der Waals surface area contributed by atoms with Gasteiger partial charge in [0.2, 0.25) is 0 Å². The number of nitrogens with zero attached hydrogens (tertiary/aromatic N) is 1. The van der Waals surface area contributed by atoms with E-state index >= 15 is 0 Å². The fourth-order valence-electron chi connectivity index (χ4n) is 1.65. The van der Waals surface area contributed by atoms with Gasteiger partial charge >= 0.3 is 5.97 Å². The van der Waals surface area contributed by atoms with Gasteiger partial charge in [0.1, 0.15) is 6.04 Å². The van der Waals surface area contributed by atoms with Crippen molar-refractivity contribution in [1.29, 1.82) is 0 Å². The van der Waals surface area contributed by atoms with Crippen LogP contribution in [0.25, 0.3) is 0 Å². The van der Waals surface area contributed by atoms with Gasteiger partial charge in [-0.05, 0) is 26.4 Å². The SMILES string of the molecule is CN(C)CC1CNC(C(=O)O)C1. The maximum absolute atomic E-state index is 10.6. The first kappa shape index (κ1) is 9.48. The van der Waals surface area contributed by atoms with Gasteiger partial charge in [0.25, 0.3) is 0 Å². The van der Waals surface area contributed by atoms with Crippen LogP contribution in [-0.4, -0.2) is 49.2 Å². The van der Waals surface area contributed by atoms with Crippen LogP contribution >= 0.6 is 0 Å². The van der Waals surface area contributed by atoms with Crippen LogP contribution in [0, 0.1) is 5.92 Å². The summed E-state index contributed by atoms with van der Waals surface area (Å²) in [6.07, 6.45) is 0.757. The molecule has 4 nitrogen and oxygen atoms in total. The van der Waals surface area contributed by atoms with Crippen molar-refractivity contribution in [1.82, 2.24) is 10.2 Å². The van der Waals surface area contributed by atoms with Gasteiger partial charge in [-0.2, -0.15) is 0 Å². The van der Waals surface area contributed by atoms with E-state index in [1.807, 2.05) is 14.1 Å². The third kappa shape index (κ3) is 2.46. The van der Waals surface area contributed by atoms with E-state index in [4.69, 9.17) is 5.11 Å². The average molecular weight is 172 g/mol. The van der Waals surface area contributed by atoms with E-state index in [1.165, 1.54) is 0 Å². The van der Waals surface area contributed by atoms with E-state index in [9.17, 15) is 4.79 Å². The first-order valence-corrected chi connectivity index (χ1v) is 4.20. The Morgan fingerprint density at radius 1 is 1.67 bits per heavy atom. The zero-order valence-electron chi connectivity index (χ0n) is 7.58. The molecule has 2 unspecified atom stereocenters. The van der Waals surface area contributed by atoms with Gasteiger partial charge in [-0.25, -0.2) is 0 Å². The second kappa shape index (κ2) is 3.87. The monoisotopic (exact) mass is 172 g/mol. The summed E-state index contributed by atoms with van der Waals surface area (Å²) in [5, 5.41) is 11.7.